The molecule has 1 aliphatic rings. The third-order valence-electron chi connectivity index (χ3n) is 3.80. The molecule has 0 saturated carbocycles. The second-order valence-corrected chi connectivity index (χ2v) is 6.51. The van der Waals surface area contributed by atoms with E-state index in [0.717, 1.165) is 35.2 Å². The summed E-state index contributed by atoms with van der Waals surface area (Å²) in [7, 11) is 0. The molecular weight excluding hydrogens is 350 g/mol. The third kappa shape index (κ3) is 3.12. The van der Waals surface area contributed by atoms with Crippen LogP contribution in [0, 0.1) is 0 Å². The van der Waals surface area contributed by atoms with Gasteiger partial charge < -0.3 is 5.32 Å². The Labute approximate surface area is 138 Å². The van der Waals surface area contributed by atoms with Crippen molar-refractivity contribution in [2.75, 3.05) is 6.54 Å². The van der Waals surface area contributed by atoms with Crippen molar-refractivity contribution in [3.63, 3.8) is 0 Å². The fourth-order valence-corrected chi connectivity index (χ4v) is 3.67. The molecule has 21 heavy (non-hydrogen) atoms. The van der Waals surface area contributed by atoms with Crippen molar-refractivity contribution >= 4 is 27.5 Å². The molecule has 3 nitrogen and oxygen atoms in total. The Morgan fingerprint density at radius 2 is 2.29 bits per heavy atom. The number of hydrogen-bond donors (Lipinski definition) is 1. The van der Waals surface area contributed by atoms with Crippen molar-refractivity contribution in [1.29, 1.82) is 0 Å². The number of hydrogen-bond acceptors (Lipinski definition) is 3. The fourth-order valence-electron chi connectivity index (χ4n) is 2.81. The van der Waals surface area contributed by atoms with E-state index in [1.807, 2.05) is 24.4 Å². The Balaban J connectivity index is 1.99. The van der Waals surface area contributed by atoms with E-state index in [0.29, 0.717) is 11.1 Å². The molecule has 1 aliphatic carbocycles. The maximum Gasteiger partial charge on any atom is 0.160 e. The zero-order chi connectivity index (χ0) is 14.8. The minimum Gasteiger partial charge on any atom is -0.310 e. The molecule has 1 aromatic heterocycles. The van der Waals surface area contributed by atoms with Crippen LogP contribution < -0.4 is 5.32 Å². The molecule has 1 unspecified atom stereocenters. The summed E-state index contributed by atoms with van der Waals surface area (Å²) in [5.41, 5.74) is 3.39. The average Bonchev–Trinajstić information content (AvgIpc) is 2.47. The quantitative estimate of drug-likeness (QED) is 0.866. The van der Waals surface area contributed by atoms with Gasteiger partial charge in [-0.15, -0.1) is 0 Å². The smallest absolute Gasteiger partial charge is 0.160 e. The third-order valence-corrected chi connectivity index (χ3v) is 4.70. The highest BCUT2D eigenvalue weighted by Gasteiger charge is 2.22. The average molecular weight is 367 g/mol. The molecule has 5 heteroatoms. The van der Waals surface area contributed by atoms with E-state index >= 15 is 0 Å². The Morgan fingerprint density at radius 3 is 3.05 bits per heavy atom. The largest absolute Gasteiger partial charge is 0.310 e. The summed E-state index contributed by atoms with van der Waals surface area (Å²) in [6, 6.07) is 6.09. The van der Waals surface area contributed by atoms with Crippen molar-refractivity contribution in [3.8, 4) is 11.4 Å². The van der Waals surface area contributed by atoms with Gasteiger partial charge in [0.05, 0.1) is 0 Å². The van der Waals surface area contributed by atoms with Crippen molar-refractivity contribution in [2.24, 2.45) is 0 Å². The van der Waals surface area contributed by atoms with E-state index in [-0.39, 0.29) is 0 Å². The minimum atomic E-state index is 0.390. The minimum absolute atomic E-state index is 0.390. The Hall–Kier alpha value is -0.970. The first-order chi connectivity index (χ1) is 10.2. The number of aryl methyl sites for hydroxylation is 1. The van der Waals surface area contributed by atoms with Gasteiger partial charge in [-0.05, 0) is 59.9 Å². The van der Waals surface area contributed by atoms with Crippen LogP contribution >= 0.6 is 27.5 Å². The predicted octanol–water partition coefficient (Wildman–Crippen LogP) is 4.55. The number of aromatic nitrogens is 2. The van der Waals surface area contributed by atoms with E-state index < -0.39 is 0 Å². The zero-order valence-corrected chi connectivity index (χ0v) is 14.2. The highest BCUT2D eigenvalue weighted by atomic mass is 79.9. The maximum absolute atomic E-state index is 5.99. The van der Waals surface area contributed by atoms with Crippen molar-refractivity contribution in [3.05, 3.63) is 45.1 Å². The van der Waals surface area contributed by atoms with Crippen LogP contribution in [0.5, 0.6) is 0 Å². The lowest BCUT2D eigenvalue weighted by molar-refractivity contribution is 0.464. The molecule has 0 radical (unpaired) electrons. The number of nitrogens with one attached hydrogen (secondary N) is 1. The van der Waals surface area contributed by atoms with Gasteiger partial charge in [0, 0.05) is 38.6 Å². The van der Waals surface area contributed by atoms with Gasteiger partial charge in [-0.1, -0.05) is 18.5 Å². The van der Waals surface area contributed by atoms with Gasteiger partial charge >= 0.3 is 0 Å². The van der Waals surface area contributed by atoms with Crippen LogP contribution in [0.3, 0.4) is 0 Å². The summed E-state index contributed by atoms with van der Waals surface area (Å²) in [6.07, 6.45) is 5.33. The molecule has 0 saturated heterocycles. The molecule has 1 atom stereocenters. The lowest BCUT2D eigenvalue weighted by Gasteiger charge is -2.25. The summed E-state index contributed by atoms with van der Waals surface area (Å²) >= 11 is 9.53. The number of fused-ring (bicyclic) bond motifs is 1. The maximum atomic E-state index is 5.99. The van der Waals surface area contributed by atoms with Gasteiger partial charge in [-0.25, -0.2) is 9.97 Å². The van der Waals surface area contributed by atoms with Gasteiger partial charge in [0.25, 0.3) is 0 Å². The SMILES string of the molecule is CCNC1CCCc2nc(-c3ccc(Cl)cc3Br)ncc21. The summed E-state index contributed by atoms with van der Waals surface area (Å²) in [6.45, 7) is 3.10. The van der Waals surface area contributed by atoms with Gasteiger partial charge in [0.15, 0.2) is 5.82 Å². The lowest BCUT2D eigenvalue weighted by atomic mass is 9.92. The van der Waals surface area contributed by atoms with Gasteiger partial charge in [-0.2, -0.15) is 0 Å². The summed E-state index contributed by atoms with van der Waals surface area (Å²) < 4.78 is 0.925. The van der Waals surface area contributed by atoms with Gasteiger partial charge in [0.1, 0.15) is 0 Å². The number of halogens is 2. The van der Waals surface area contributed by atoms with E-state index in [1.165, 1.54) is 17.7 Å². The van der Waals surface area contributed by atoms with Gasteiger partial charge in [-0.3, -0.25) is 0 Å². The van der Waals surface area contributed by atoms with Crippen LogP contribution in [0.1, 0.15) is 37.1 Å². The number of benzene rings is 1. The molecule has 3 rings (SSSR count). The highest BCUT2D eigenvalue weighted by molar-refractivity contribution is 9.10. The Morgan fingerprint density at radius 1 is 1.43 bits per heavy atom. The molecule has 1 aromatic carbocycles. The first-order valence-electron chi connectivity index (χ1n) is 7.23. The van der Waals surface area contributed by atoms with E-state index in [2.05, 4.69) is 33.2 Å². The molecule has 0 spiro atoms. The van der Waals surface area contributed by atoms with E-state index in [4.69, 9.17) is 16.6 Å². The molecule has 0 amide bonds. The lowest BCUT2D eigenvalue weighted by Crippen LogP contribution is -2.25. The number of rotatable bonds is 3. The normalized spacial score (nSPS) is 17.6. The second-order valence-electron chi connectivity index (χ2n) is 5.22. The van der Waals surface area contributed by atoms with Crippen LogP contribution in [0.2, 0.25) is 5.02 Å². The molecule has 0 fully saturated rings. The van der Waals surface area contributed by atoms with Crippen LogP contribution in [-0.2, 0) is 6.42 Å². The summed E-state index contributed by atoms with van der Waals surface area (Å²) in [5, 5.41) is 4.22. The predicted molar refractivity (Wildman–Crippen MR) is 89.5 cm³/mol. The number of nitrogens with zero attached hydrogens (tertiary/aromatic N) is 2. The second kappa shape index (κ2) is 6.42. The first-order valence-corrected chi connectivity index (χ1v) is 8.40. The topological polar surface area (TPSA) is 37.8 Å². The van der Waals surface area contributed by atoms with E-state index in [1.54, 1.807) is 0 Å². The summed E-state index contributed by atoms with van der Waals surface area (Å²) in [4.78, 5) is 9.34. The zero-order valence-electron chi connectivity index (χ0n) is 11.9. The fraction of sp³-hybridized carbons (Fsp3) is 0.375. The summed E-state index contributed by atoms with van der Waals surface area (Å²) in [5.74, 6) is 0.759. The van der Waals surface area contributed by atoms with Crippen molar-refractivity contribution < 1.29 is 0 Å². The molecule has 0 aliphatic heterocycles. The van der Waals surface area contributed by atoms with Crippen LogP contribution in [0.4, 0.5) is 0 Å². The van der Waals surface area contributed by atoms with E-state index in [9.17, 15) is 0 Å². The molecule has 110 valence electrons. The Kier molecular flexibility index (Phi) is 4.57. The molecule has 1 N–H and O–H groups in total. The first kappa shape index (κ1) is 14.9. The monoisotopic (exact) mass is 365 g/mol. The van der Waals surface area contributed by atoms with Gasteiger partial charge in [0.2, 0.25) is 0 Å². The van der Waals surface area contributed by atoms with Crippen molar-refractivity contribution in [2.45, 2.75) is 32.2 Å². The molecular formula is C16H17BrClN3. The van der Waals surface area contributed by atoms with Crippen LogP contribution in [0.15, 0.2) is 28.9 Å². The molecule has 2 aromatic rings. The van der Waals surface area contributed by atoms with Crippen LogP contribution in [-0.4, -0.2) is 16.5 Å². The van der Waals surface area contributed by atoms with Crippen LogP contribution in [0.25, 0.3) is 11.4 Å². The highest BCUT2D eigenvalue weighted by Crippen LogP contribution is 2.32. The molecule has 1 heterocycles. The molecule has 0 bridgehead atoms. The van der Waals surface area contributed by atoms with Crippen molar-refractivity contribution in [1.82, 2.24) is 15.3 Å². The standard InChI is InChI=1S/C16H17BrClN3/c1-2-19-14-4-3-5-15-12(14)9-20-16(21-15)11-7-6-10(18)8-13(11)17/h6-9,14,19H,2-5H2,1H3. The Bertz CT molecular complexity index is 660.